The molecule has 2 N–H and O–H groups in total. The molecule has 0 bridgehead atoms. The lowest BCUT2D eigenvalue weighted by atomic mass is 9.91. The van der Waals surface area contributed by atoms with E-state index in [0.29, 0.717) is 13.0 Å². The minimum Gasteiger partial charge on any atom is -0.494 e. The molecule has 1 aromatic carbocycles. The Kier molecular flexibility index (Phi) is 16.7. The van der Waals surface area contributed by atoms with Crippen molar-refractivity contribution in [3.63, 3.8) is 0 Å². The Morgan fingerprint density at radius 3 is 2.08 bits per heavy atom. The van der Waals surface area contributed by atoms with Crippen LogP contribution in [0.4, 0.5) is 5.69 Å². The number of nitrogens with one attached hydrogen (secondary N) is 1. The number of benzene rings is 1. The third-order valence-corrected chi connectivity index (χ3v) is 6.41. The summed E-state index contributed by atoms with van der Waals surface area (Å²) in [6.07, 6.45) is 23.5. The maximum absolute atomic E-state index is 10.3. The molecule has 0 fully saturated rings. The second-order valence-corrected chi connectivity index (χ2v) is 10.5. The normalized spacial score (nSPS) is 13.9. The van der Waals surface area contributed by atoms with Gasteiger partial charge in [0.2, 0.25) is 0 Å². The number of aliphatic carboxylic acids is 1. The molecule has 4 heteroatoms. The zero-order valence-electron chi connectivity index (χ0n) is 23.8. The predicted molar refractivity (Wildman–Crippen MR) is 156 cm³/mol. The Balaban J connectivity index is 0.000000367. The van der Waals surface area contributed by atoms with Gasteiger partial charge < -0.3 is 15.2 Å². The van der Waals surface area contributed by atoms with Crippen molar-refractivity contribution in [2.24, 2.45) is 0 Å². The second kappa shape index (κ2) is 19.0. The van der Waals surface area contributed by atoms with Crippen molar-refractivity contribution in [1.29, 1.82) is 0 Å². The van der Waals surface area contributed by atoms with Crippen molar-refractivity contribution in [2.75, 3.05) is 11.9 Å². The Labute approximate surface area is 221 Å². The molecule has 0 radical (unpaired) electrons. The monoisotopic (exact) mass is 499 g/mol. The molecule has 0 unspecified atom stereocenters. The summed E-state index contributed by atoms with van der Waals surface area (Å²) in [5.41, 5.74) is 3.77. The number of hydrogen-bond donors (Lipinski definition) is 2. The van der Waals surface area contributed by atoms with Crippen molar-refractivity contribution < 1.29 is 14.6 Å². The van der Waals surface area contributed by atoms with E-state index in [1.165, 1.54) is 87.5 Å². The second-order valence-electron chi connectivity index (χ2n) is 10.5. The number of allylic oxidation sites excluding steroid dienone is 3. The number of carboxylic acids is 1. The largest absolute Gasteiger partial charge is 0.494 e. The average molecular weight is 500 g/mol. The van der Waals surface area contributed by atoms with E-state index in [0.717, 1.165) is 18.6 Å². The summed E-state index contributed by atoms with van der Waals surface area (Å²) in [5, 5.41) is 12.0. The van der Waals surface area contributed by atoms with Gasteiger partial charge in [-0.25, -0.2) is 0 Å². The molecule has 1 aliphatic heterocycles. The number of unbranched alkanes of at least 4 members (excludes halogenated alkanes) is 11. The summed E-state index contributed by atoms with van der Waals surface area (Å²) in [5.74, 6) is 0.276. The van der Waals surface area contributed by atoms with E-state index in [1.54, 1.807) is 0 Å². The van der Waals surface area contributed by atoms with Crippen molar-refractivity contribution in [3.05, 3.63) is 42.0 Å². The van der Waals surface area contributed by atoms with Gasteiger partial charge in [-0.3, -0.25) is 4.79 Å². The molecular formula is C32H53NO3. The Hall–Kier alpha value is -2.23. The number of anilines is 1. The molecule has 0 atom stereocenters. The molecule has 0 aromatic heterocycles. The van der Waals surface area contributed by atoms with Gasteiger partial charge in [0.25, 0.3) is 0 Å². The quantitative estimate of drug-likeness (QED) is 0.165. The standard InChI is InChI=1S/C18H34O2.C14H19NO/c1-2-3-4-5-6-7-8-9-10-11-12-13-14-15-16-17-18(19)20;1-5-16-11-6-7-13-12(8-11)10(2)9-14(3,4)15-13/h9-10H,2-8,11-17H2,1H3,(H,19,20);6-9,15H,5H2,1-4H3/b10-9-;. The minimum absolute atomic E-state index is 0.0320. The summed E-state index contributed by atoms with van der Waals surface area (Å²) in [6, 6.07) is 6.22. The van der Waals surface area contributed by atoms with Crippen LogP contribution < -0.4 is 10.1 Å². The summed E-state index contributed by atoms with van der Waals surface area (Å²) in [4.78, 5) is 10.3. The lowest BCUT2D eigenvalue weighted by Gasteiger charge is -2.31. The smallest absolute Gasteiger partial charge is 0.303 e. The van der Waals surface area contributed by atoms with Crippen LogP contribution in [-0.4, -0.2) is 23.2 Å². The van der Waals surface area contributed by atoms with E-state index in [-0.39, 0.29) is 5.54 Å². The van der Waals surface area contributed by atoms with E-state index in [4.69, 9.17) is 9.84 Å². The Morgan fingerprint density at radius 2 is 1.50 bits per heavy atom. The highest BCUT2D eigenvalue weighted by Crippen LogP contribution is 2.35. The Bertz CT molecular complexity index is 795. The summed E-state index contributed by atoms with van der Waals surface area (Å²) in [7, 11) is 0. The fourth-order valence-electron chi connectivity index (χ4n) is 4.56. The zero-order valence-corrected chi connectivity index (χ0v) is 23.8. The maximum Gasteiger partial charge on any atom is 0.303 e. The third kappa shape index (κ3) is 15.0. The van der Waals surface area contributed by atoms with Gasteiger partial charge in [0.05, 0.1) is 12.1 Å². The van der Waals surface area contributed by atoms with E-state index < -0.39 is 5.97 Å². The van der Waals surface area contributed by atoms with Gasteiger partial charge in [-0.15, -0.1) is 0 Å². The number of carboxylic acid groups (broad SMARTS) is 1. The van der Waals surface area contributed by atoms with E-state index >= 15 is 0 Å². The van der Waals surface area contributed by atoms with E-state index in [9.17, 15) is 4.79 Å². The molecule has 0 aliphatic carbocycles. The predicted octanol–water partition coefficient (Wildman–Crippen LogP) is 9.80. The van der Waals surface area contributed by atoms with Crippen LogP contribution in [0.3, 0.4) is 0 Å². The number of rotatable bonds is 17. The molecule has 1 aliphatic rings. The van der Waals surface area contributed by atoms with Crippen molar-refractivity contribution in [3.8, 4) is 5.75 Å². The first-order valence-corrected chi connectivity index (χ1v) is 14.4. The van der Waals surface area contributed by atoms with Crippen molar-refractivity contribution in [2.45, 2.75) is 130 Å². The van der Waals surface area contributed by atoms with Gasteiger partial charge in [0, 0.05) is 17.7 Å². The van der Waals surface area contributed by atoms with Crippen LogP contribution in [0.1, 0.15) is 130 Å². The summed E-state index contributed by atoms with van der Waals surface area (Å²) in [6.45, 7) is 11.5. The molecule has 36 heavy (non-hydrogen) atoms. The van der Waals surface area contributed by atoms with Gasteiger partial charge in [-0.1, -0.05) is 76.5 Å². The molecule has 0 amide bonds. The number of fused-ring (bicyclic) bond motifs is 1. The third-order valence-electron chi connectivity index (χ3n) is 6.41. The first-order valence-electron chi connectivity index (χ1n) is 14.4. The first kappa shape index (κ1) is 31.8. The van der Waals surface area contributed by atoms with E-state index in [1.807, 2.05) is 13.0 Å². The Morgan fingerprint density at radius 1 is 0.917 bits per heavy atom. The first-order chi connectivity index (χ1) is 17.3. The molecule has 0 saturated carbocycles. The van der Waals surface area contributed by atoms with Gasteiger partial charge >= 0.3 is 5.97 Å². The highest BCUT2D eigenvalue weighted by molar-refractivity contribution is 5.80. The van der Waals surface area contributed by atoms with Crippen LogP contribution in [0.5, 0.6) is 5.75 Å². The van der Waals surface area contributed by atoms with Crippen LogP contribution in [0.15, 0.2) is 36.4 Å². The van der Waals surface area contributed by atoms with E-state index in [2.05, 4.69) is 63.4 Å². The number of hydrogen-bond acceptors (Lipinski definition) is 3. The molecule has 0 spiro atoms. The lowest BCUT2D eigenvalue weighted by molar-refractivity contribution is -0.137. The highest BCUT2D eigenvalue weighted by Gasteiger charge is 2.22. The fourth-order valence-corrected chi connectivity index (χ4v) is 4.56. The molecule has 0 saturated heterocycles. The zero-order chi connectivity index (χ0) is 26.7. The van der Waals surface area contributed by atoms with Crippen LogP contribution in [-0.2, 0) is 4.79 Å². The molecular weight excluding hydrogens is 446 g/mol. The van der Waals surface area contributed by atoms with Gasteiger partial charge in [0.15, 0.2) is 0 Å². The molecule has 4 nitrogen and oxygen atoms in total. The van der Waals surface area contributed by atoms with Crippen LogP contribution in [0, 0.1) is 0 Å². The van der Waals surface area contributed by atoms with Gasteiger partial charge in [0.1, 0.15) is 5.75 Å². The molecule has 204 valence electrons. The summed E-state index contributed by atoms with van der Waals surface area (Å²) >= 11 is 0. The molecule has 1 heterocycles. The highest BCUT2D eigenvalue weighted by atomic mass is 16.5. The van der Waals surface area contributed by atoms with Crippen LogP contribution in [0.25, 0.3) is 5.57 Å². The maximum atomic E-state index is 10.3. The SMILES string of the molecule is CCCCCCCC/C=C\CCCCCCCC(=O)O.CCOc1ccc2c(c1)C(C)=CC(C)(C)N2. The topological polar surface area (TPSA) is 58.6 Å². The molecule has 2 rings (SSSR count). The van der Waals surface area contributed by atoms with Gasteiger partial charge in [-0.2, -0.15) is 0 Å². The average Bonchev–Trinajstić information content (AvgIpc) is 2.82. The van der Waals surface area contributed by atoms with Crippen molar-refractivity contribution >= 4 is 17.2 Å². The number of ether oxygens (including phenoxy) is 1. The lowest BCUT2D eigenvalue weighted by Crippen LogP contribution is -2.31. The van der Waals surface area contributed by atoms with Gasteiger partial charge in [-0.05, 0) is 83.6 Å². The number of carbonyl (C=O) groups is 1. The van der Waals surface area contributed by atoms with Crippen LogP contribution >= 0.6 is 0 Å². The minimum atomic E-state index is -0.664. The summed E-state index contributed by atoms with van der Waals surface area (Å²) < 4.78 is 5.52. The fraction of sp³-hybridized carbons (Fsp3) is 0.656. The van der Waals surface area contributed by atoms with Crippen molar-refractivity contribution in [1.82, 2.24) is 0 Å². The molecule has 1 aromatic rings. The van der Waals surface area contributed by atoms with Crippen LogP contribution in [0.2, 0.25) is 0 Å².